The number of carbonyl (C=O) groups is 1. The Morgan fingerprint density at radius 1 is 1.23 bits per heavy atom. The number of carboxylic acids is 1. The summed E-state index contributed by atoms with van der Waals surface area (Å²) in [5.74, 6) is 0.133. The van der Waals surface area contributed by atoms with Crippen molar-refractivity contribution in [3.8, 4) is 11.5 Å². The van der Waals surface area contributed by atoms with Crippen molar-refractivity contribution in [2.24, 2.45) is 5.10 Å². The Balaban J connectivity index is 2.12. The number of nitrogens with zero attached hydrogens (tertiary/aromatic N) is 1. The van der Waals surface area contributed by atoms with Gasteiger partial charge in [-0.2, -0.15) is 5.10 Å². The van der Waals surface area contributed by atoms with Gasteiger partial charge in [-0.15, -0.1) is 0 Å². The SMILES string of the molecule is CCCOc1c(Cl)cc(C=NNc2ccc(C(=O)O)cc2)cc1OCC. The Hall–Kier alpha value is -2.73. The van der Waals surface area contributed by atoms with Gasteiger partial charge in [0, 0.05) is 0 Å². The van der Waals surface area contributed by atoms with Gasteiger partial charge in [0.15, 0.2) is 11.5 Å². The quantitative estimate of drug-likeness (QED) is 0.491. The van der Waals surface area contributed by atoms with Gasteiger partial charge in [0.2, 0.25) is 0 Å². The molecule has 0 radical (unpaired) electrons. The molecule has 2 aromatic carbocycles. The number of hydrogen-bond acceptors (Lipinski definition) is 5. The monoisotopic (exact) mass is 376 g/mol. The second kappa shape index (κ2) is 9.68. The van der Waals surface area contributed by atoms with Crippen LogP contribution < -0.4 is 14.9 Å². The predicted molar refractivity (Wildman–Crippen MR) is 103 cm³/mol. The summed E-state index contributed by atoms with van der Waals surface area (Å²) >= 11 is 6.31. The second-order valence-corrected chi connectivity index (χ2v) is 5.77. The highest BCUT2D eigenvalue weighted by molar-refractivity contribution is 6.32. The zero-order valence-electron chi connectivity index (χ0n) is 14.7. The Bertz CT molecular complexity index is 776. The Labute approximate surface area is 157 Å². The molecule has 0 aliphatic heterocycles. The molecule has 0 saturated carbocycles. The van der Waals surface area contributed by atoms with Crippen LogP contribution in [0.15, 0.2) is 41.5 Å². The number of hydrazone groups is 1. The van der Waals surface area contributed by atoms with Crippen LogP contribution in [0.3, 0.4) is 0 Å². The number of carboxylic acid groups (broad SMARTS) is 1. The summed E-state index contributed by atoms with van der Waals surface area (Å²) in [5.41, 5.74) is 4.48. The molecule has 0 spiro atoms. The van der Waals surface area contributed by atoms with Gasteiger partial charge in [0.25, 0.3) is 0 Å². The highest BCUT2D eigenvalue weighted by Gasteiger charge is 2.12. The average molecular weight is 377 g/mol. The average Bonchev–Trinajstić information content (AvgIpc) is 2.62. The van der Waals surface area contributed by atoms with E-state index in [1.165, 1.54) is 12.1 Å². The van der Waals surface area contributed by atoms with Crippen LogP contribution in [0, 0.1) is 0 Å². The number of anilines is 1. The fourth-order valence-corrected chi connectivity index (χ4v) is 2.41. The van der Waals surface area contributed by atoms with Crippen molar-refractivity contribution >= 4 is 29.5 Å². The summed E-state index contributed by atoms with van der Waals surface area (Å²) in [6.07, 6.45) is 2.47. The van der Waals surface area contributed by atoms with Crippen LogP contribution in [-0.4, -0.2) is 30.5 Å². The molecule has 7 heteroatoms. The molecule has 0 unspecified atom stereocenters. The second-order valence-electron chi connectivity index (χ2n) is 5.36. The molecule has 0 heterocycles. The first-order chi connectivity index (χ1) is 12.5. The number of rotatable bonds is 9. The molecule has 0 aromatic heterocycles. The highest BCUT2D eigenvalue weighted by atomic mass is 35.5. The maximum atomic E-state index is 10.8. The van der Waals surface area contributed by atoms with Crippen LogP contribution in [-0.2, 0) is 0 Å². The van der Waals surface area contributed by atoms with E-state index in [9.17, 15) is 4.79 Å². The first-order valence-electron chi connectivity index (χ1n) is 8.26. The predicted octanol–water partition coefficient (Wildman–Crippen LogP) is 4.67. The molecule has 0 aliphatic rings. The number of hydrogen-bond donors (Lipinski definition) is 2. The number of aromatic carboxylic acids is 1. The fourth-order valence-electron chi connectivity index (χ4n) is 2.14. The summed E-state index contributed by atoms with van der Waals surface area (Å²) in [6.45, 7) is 4.96. The maximum Gasteiger partial charge on any atom is 0.335 e. The molecule has 0 atom stereocenters. The van der Waals surface area contributed by atoms with E-state index in [1.807, 2.05) is 13.8 Å². The minimum atomic E-state index is -0.969. The standard InChI is InChI=1S/C19H21ClN2O4/c1-3-9-26-18-16(20)10-13(11-17(18)25-4-2)12-21-22-15-7-5-14(6-8-15)19(23)24/h5-8,10-12,22H,3-4,9H2,1-2H3,(H,23,24). The van der Waals surface area contributed by atoms with Gasteiger partial charge >= 0.3 is 5.97 Å². The van der Waals surface area contributed by atoms with Crippen LogP contribution in [0.2, 0.25) is 5.02 Å². The van der Waals surface area contributed by atoms with Gasteiger partial charge < -0.3 is 14.6 Å². The molecule has 0 aliphatic carbocycles. The highest BCUT2D eigenvalue weighted by Crippen LogP contribution is 2.36. The number of ether oxygens (including phenoxy) is 2. The van der Waals surface area contributed by atoms with Gasteiger partial charge in [-0.3, -0.25) is 5.43 Å². The molecule has 2 aromatic rings. The van der Waals surface area contributed by atoms with Gasteiger partial charge in [-0.25, -0.2) is 4.79 Å². The first-order valence-corrected chi connectivity index (χ1v) is 8.64. The Morgan fingerprint density at radius 2 is 1.96 bits per heavy atom. The van der Waals surface area contributed by atoms with Crippen LogP contribution in [0.25, 0.3) is 0 Å². The summed E-state index contributed by atoms with van der Waals surface area (Å²) in [5, 5.41) is 13.5. The molecular formula is C19H21ClN2O4. The third-order valence-corrected chi connectivity index (χ3v) is 3.60. The number of halogens is 1. The van der Waals surface area contributed by atoms with E-state index in [4.69, 9.17) is 26.2 Å². The van der Waals surface area contributed by atoms with Crippen molar-refractivity contribution in [1.29, 1.82) is 0 Å². The van der Waals surface area contributed by atoms with E-state index in [0.717, 1.165) is 12.0 Å². The molecular weight excluding hydrogens is 356 g/mol. The number of nitrogens with one attached hydrogen (secondary N) is 1. The van der Waals surface area contributed by atoms with E-state index < -0.39 is 5.97 Å². The molecule has 0 bridgehead atoms. The van der Waals surface area contributed by atoms with Crippen molar-refractivity contribution in [2.45, 2.75) is 20.3 Å². The molecule has 2 N–H and O–H groups in total. The van der Waals surface area contributed by atoms with Crippen molar-refractivity contribution in [1.82, 2.24) is 0 Å². The van der Waals surface area contributed by atoms with Crippen LogP contribution >= 0.6 is 11.6 Å². The summed E-state index contributed by atoms with van der Waals surface area (Å²) in [6, 6.07) is 9.84. The normalized spacial score (nSPS) is 10.7. The van der Waals surface area contributed by atoms with Crippen LogP contribution in [0.4, 0.5) is 5.69 Å². The smallest absolute Gasteiger partial charge is 0.335 e. The van der Waals surface area contributed by atoms with Gasteiger partial charge in [0.1, 0.15) is 0 Å². The minimum absolute atomic E-state index is 0.218. The molecule has 138 valence electrons. The van der Waals surface area contributed by atoms with Crippen molar-refractivity contribution in [3.63, 3.8) is 0 Å². The Kier molecular flexibility index (Phi) is 7.29. The first kappa shape index (κ1) is 19.6. The minimum Gasteiger partial charge on any atom is -0.490 e. The van der Waals surface area contributed by atoms with E-state index in [1.54, 1.807) is 30.5 Å². The van der Waals surface area contributed by atoms with Crippen molar-refractivity contribution in [2.75, 3.05) is 18.6 Å². The number of benzene rings is 2. The lowest BCUT2D eigenvalue weighted by Crippen LogP contribution is -2.02. The molecule has 0 saturated heterocycles. The lowest BCUT2D eigenvalue weighted by atomic mass is 10.2. The molecule has 6 nitrogen and oxygen atoms in total. The summed E-state index contributed by atoms with van der Waals surface area (Å²) < 4.78 is 11.3. The van der Waals surface area contributed by atoms with E-state index in [2.05, 4.69) is 10.5 Å². The summed E-state index contributed by atoms with van der Waals surface area (Å²) in [4.78, 5) is 10.8. The zero-order chi connectivity index (χ0) is 18.9. The lowest BCUT2D eigenvalue weighted by molar-refractivity contribution is 0.0697. The Morgan fingerprint density at radius 3 is 2.58 bits per heavy atom. The largest absolute Gasteiger partial charge is 0.490 e. The van der Waals surface area contributed by atoms with Crippen LogP contribution in [0.5, 0.6) is 11.5 Å². The lowest BCUT2D eigenvalue weighted by Gasteiger charge is -2.13. The fraction of sp³-hybridized carbons (Fsp3) is 0.263. The molecule has 0 fully saturated rings. The molecule has 26 heavy (non-hydrogen) atoms. The maximum absolute atomic E-state index is 10.8. The van der Waals surface area contributed by atoms with Crippen molar-refractivity contribution in [3.05, 3.63) is 52.5 Å². The van der Waals surface area contributed by atoms with Gasteiger partial charge in [0.05, 0.1) is 35.7 Å². The van der Waals surface area contributed by atoms with E-state index in [0.29, 0.717) is 35.4 Å². The summed E-state index contributed by atoms with van der Waals surface area (Å²) in [7, 11) is 0. The van der Waals surface area contributed by atoms with E-state index in [-0.39, 0.29) is 5.56 Å². The molecule has 0 amide bonds. The zero-order valence-corrected chi connectivity index (χ0v) is 15.4. The molecule has 2 rings (SSSR count). The van der Waals surface area contributed by atoms with Gasteiger partial charge in [-0.05, 0) is 55.3 Å². The third-order valence-electron chi connectivity index (χ3n) is 3.32. The van der Waals surface area contributed by atoms with Crippen LogP contribution in [0.1, 0.15) is 36.2 Å². The topological polar surface area (TPSA) is 80.2 Å². The van der Waals surface area contributed by atoms with Crippen molar-refractivity contribution < 1.29 is 19.4 Å². The van der Waals surface area contributed by atoms with Gasteiger partial charge in [-0.1, -0.05) is 18.5 Å². The third kappa shape index (κ3) is 5.39. The van der Waals surface area contributed by atoms with E-state index >= 15 is 0 Å².